The van der Waals surface area contributed by atoms with Gasteiger partial charge >= 0.3 is 14.5 Å². The predicted octanol–water partition coefficient (Wildman–Crippen LogP) is 1.62. The third kappa shape index (κ3) is 5.07. The van der Waals surface area contributed by atoms with Gasteiger partial charge in [0.2, 0.25) is 0 Å². The molecule has 1 aliphatic heterocycles. The van der Waals surface area contributed by atoms with Crippen LogP contribution in [0.25, 0.3) is 0 Å². The third-order valence-electron chi connectivity index (χ3n) is 2.60. The van der Waals surface area contributed by atoms with E-state index < -0.39 is 20.1 Å². The zero-order chi connectivity index (χ0) is 12.8. The number of hydrogen-bond acceptors (Lipinski definition) is 4. The van der Waals surface area contributed by atoms with Crippen molar-refractivity contribution in [3.63, 3.8) is 0 Å². The van der Waals surface area contributed by atoms with Crippen LogP contribution < -0.4 is 0 Å². The molecule has 0 bridgehead atoms. The maximum Gasteiger partial charge on any atom is 0.338 e. The molecule has 1 heterocycles. The van der Waals surface area contributed by atoms with Crippen LogP contribution in [0.15, 0.2) is 0 Å². The fraction of sp³-hybridized carbons (Fsp3) is 0.900. The molecule has 6 heteroatoms. The van der Waals surface area contributed by atoms with Crippen molar-refractivity contribution in [2.75, 3.05) is 20.8 Å². The summed E-state index contributed by atoms with van der Waals surface area (Å²) in [7, 11) is 1.76. The number of carboxylic acids is 1. The Morgan fingerprint density at radius 2 is 1.94 bits per heavy atom. The molecule has 1 unspecified atom stereocenters. The van der Waals surface area contributed by atoms with E-state index in [1.807, 2.05) is 0 Å². The van der Waals surface area contributed by atoms with Crippen LogP contribution in [-0.2, 0) is 18.4 Å². The average molecular weight is 250 g/mol. The summed E-state index contributed by atoms with van der Waals surface area (Å²) < 4.78 is 15.0. The second kappa shape index (κ2) is 6.34. The zero-order valence-electron chi connectivity index (χ0n) is 10.7. The molecule has 0 spiro atoms. The van der Waals surface area contributed by atoms with Crippen LogP contribution in [0, 0.1) is 0 Å². The fourth-order valence-electron chi connectivity index (χ4n) is 0.973. The van der Waals surface area contributed by atoms with Crippen LogP contribution in [0.4, 0.5) is 0 Å². The lowest BCUT2D eigenvalue weighted by atomic mass is 10.2. The smallest absolute Gasteiger partial charge is 0.338 e. The van der Waals surface area contributed by atoms with Crippen LogP contribution in [0.5, 0.6) is 0 Å². The molecule has 0 aromatic rings. The molecule has 1 saturated heterocycles. The molecule has 16 heavy (non-hydrogen) atoms. The van der Waals surface area contributed by atoms with E-state index in [1.165, 1.54) is 0 Å². The first-order valence-electron chi connectivity index (χ1n) is 5.31. The lowest BCUT2D eigenvalue weighted by Crippen LogP contribution is -2.35. The molecule has 0 aromatic heterocycles. The first-order valence-corrected chi connectivity index (χ1v) is 7.83. The summed E-state index contributed by atoms with van der Waals surface area (Å²) in [4.78, 5) is 9.96. The van der Waals surface area contributed by atoms with Gasteiger partial charge in [0.25, 0.3) is 0 Å². The summed E-state index contributed by atoms with van der Waals surface area (Å²) >= 11 is 0. The normalized spacial score (nSPS) is 23.3. The second-order valence-electron chi connectivity index (χ2n) is 4.12. The highest BCUT2D eigenvalue weighted by Gasteiger charge is 2.47. The Labute approximate surface area is 97.9 Å². The van der Waals surface area contributed by atoms with Crippen molar-refractivity contribution < 1.29 is 23.5 Å². The Hall–Kier alpha value is -0.433. The summed E-state index contributed by atoms with van der Waals surface area (Å²) in [5.41, 5.74) is -0.833. The minimum absolute atomic E-state index is 0.363. The second-order valence-corrected chi connectivity index (χ2v) is 7.70. The number of carboxylic acid groups (broad SMARTS) is 1. The van der Waals surface area contributed by atoms with E-state index in [1.54, 1.807) is 21.1 Å². The summed E-state index contributed by atoms with van der Waals surface area (Å²) in [6.07, 6.45) is 1.14. The molecule has 1 aliphatic rings. The third-order valence-corrected chi connectivity index (χ3v) is 5.73. The molecular formula is C10H22O5Si. The molecule has 0 saturated carbocycles. The molecule has 1 fully saturated rings. The summed E-state index contributed by atoms with van der Waals surface area (Å²) in [6.45, 7) is 6.14. The van der Waals surface area contributed by atoms with Crippen molar-refractivity contribution in [1.82, 2.24) is 0 Å². The van der Waals surface area contributed by atoms with E-state index in [9.17, 15) is 4.79 Å². The van der Waals surface area contributed by atoms with Gasteiger partial charge in [-0.15, -0.1) is 0 Å². The molecule has 0 aromatic carbocycles. The Balaban J connectivity index is 0.000000288. The maximum absolute atomic E-state index is 9.96. The van der Waals surface area contributed by atoms with Gasteiger partial charge in [-0.1, -0.05) is 13.3 Å². The highest BCUT2D eigenvalue weighted by molar-refractivity contribution is 6.65. The van der Waals surface area contributed by atoms with Crippen molar-refractivity contribution in [3.05, 3.63) is 0 Å². The Kier molecular flexibility index (Phi) is 6.17. The van der Waals surface area contributed by atoms with Gasteiger partial charge in [0, 0.05) is 14.2 Å². The van der Waals surface area contributed by atoms with Gasteiger partial charge < -0.3 is 18.7 Å². The monoisotopic (exact) mass is 250 g/mol. The van der Waals surface area contributed by atoms with Crippen molar-refractivity contribution in [3.8, 4) is 0 Å². The van der Waals surface area contributed by atoms with E-state index in [0.29, 0.717) is 6.61 Å². The standard InChI is InChI=1S/C6H16O2Si.C4H6O3/c1-5-6-9(4,7-2)8-3;1-4(2-7-4)3(5)6/h5-6H2,1-4H3;2H2,1H3,(H,5,6). The molecule has 5 nitrogen and oxygen atoms in total. The van der Waals surface area contributed by atoms with Gasteiger partial charge in [-0.25, -0.2) is 4.79 Å². The topological polar surface area (TPSA) is 68.3 Å². The largest absolute Gasteiger partial charge is 0.479 e. The number of ether oxygens (including phenoxy) is 1. The lowest BCUT2D eigenvalue weighted by Gasteiger charge is -2.21. The summed E-state index contributed by atoms with van der Waals surface area (Å²) in [5.74, 6) is -0.868. The van der Waals surface area contributed by atoms with E-state index >= 15 is 0 Å². The first kappa shape index (κ1) is 15.6. The highest BCUT2D eigenvalue weighted by Crippen LogP contribution is 2.25. The van der Waals surface area contributed by atoms with Gasteiger partial charge in [-0.2, -0.15) is 0 Å². The molecule has 0 radical (unpaired) electrons. The van der Waals surface area contributed by atoms with Gasteiger partial charge in [-0.05, 0) is 19.5 Å². The van der Waals surface area contributed by atoms with Crippen LogP contribution in [0.2, 0.25) is 12.6 Å². The molecule has 1 rings (SSSR count). The Morgan fingerprint density at radius 3 is 2.00 bits per heavy atom. The zero-order valence-corrected chi connectivity index (χ0v) is 11.7. The van der Waals surface area contributed by atoms with Crippen LogP contribution in [-0.4, -0.2) is 46.1 Å². The predicted molar refractivity (Wildman–Crippen MR) is 62.7 cm³/mol. The number of hydrogen-bond donors (Lipinski definition) is 1. The molecule has 1 atom stereocenters. The number of carbonyl (C=O) groups is 1. The van der Waals surface area contributed by atoms with Gasteiger partial charge in [0.15, 0.2) is 5.60 Å². The van der Waals surface area contributed by atoms with Crippen LogP contribution in [0.3, 0.4) is 0 Å². The van der Waals surface area contributed by atoms with E-state index in [2.05, 4.69) is 18.2 Å². The fourth-order valence-corrected chi connectivity index (χ4v) is 2.46. The molecule has 0 amide bonds. The van der Waals surface area contributed by atoms with Gasteiger partial charge in [0.05, 0.1) is 6.61 Å². The Morgan fingerprint density at radius 1 is 1.50 bits per heavy atom. The highest BCUT2D eigenvalue weighted by atomic mass is 28.4. The van der Waals surface area contributed by atoms with Crippen LogP contribution >= 0.6 is 0 Å². The van der Waals surface area contributed by atoms with Crippen LogP contribution in [0.1, 0.15) is 20.3 Å². The minimum Gasteiger partial charge on any atom is -0.479 e. The first-order chi connectivity index (χ1) is 7.33. The minimum atomic E-state index is -1.70. The summed E-state index contributed by atoms with van der Waals surface area (Å²) in [5, 5.41) is 8.19. The SMILES string of the molecule is CC1(C(=O)O)CO1.CCC[Si](C)(OC)OC. The quantitative estimate of drug-likeness (QED) is 0.593. The Bertz CT molecular complexity index is 223. The van der Waals surface area contributed by atoms with Crippen molar-refractivity contribution in [1.29, 1.82) is 0 Å². The number of epoxide rings is 1. The van der Waals surface area contributed by atoms with Crippen molar-refractivity contribution >= 4 is 14.5 Å². The molecule has 1 N–H and O–H groups in total. The molecule has 96 valence electrons. The molecule has 0 aliphatic carbocycles. The summed E-state index contributed by atoms with van der Waals surface area (Å²) in [6, 6.07) is 1.08. The van der Waals surface area contributed by atoms with E-state index in [-0.39, 0.29) is 0 Å². The van der Waals surface area contributed by atoms with Crippen molar-refractivity contribution in [2.24, 2.45) is 0 Å². The lowest BCUT2D eigenvalue weighted by molar-refractivity contribution is -0.142. The van der Waals surface area contributed by atoms with Crippen molar-refractivity contribution in [2.45, 2.75) is 38.5 Å². The number of rotatable bonds is 5. The van der Waals surface area contributed by atoms with Gasteiger partial charge in [0.1, 0.15) is 0 Å². The maximum atomic E-state index is 9.96. The van der Waals surface area contributed by atoms with Gasteiger partial charge in [-0.3, -0.25) is 0 Å². The molecular weight excluding hydrogens is 228 g/mol. The number of aliphatic carboxylic acids is 1. The average Bonchev–Trinajstić information content (AvgIpc) is 2.99. The van der Waals surface area contributed by atoms with E-state index in [0.717, 1.165) is 12.5 Å². The van der Waals surface area contributed by atoms with E-state index in [4.69, 9.17) is 14.0 Å².